The zero-order chi connectivity index (χ0) is 23.1. The number of aryl methyl sites for hydroxylation is 1. The Morgan fingerprint density at radius 2 is 1.87 bits per heavy atom. The maximum atomic E-state index is 13.4. The Morgan fingerprint density at radius 3 is 2.45 bits per heavy atom. The third kappa shape index (κ3) is 6.03. The number of nitrogens with one attached hydrogen (secondary N) is 1. The van der Waals surface area contributed by atoms with E-state index in [4.69, 9.17) is 4.74 Å². The molecule has 1 unspecified atom stereocenters. The predicted molar refractivity (Wildman–Crippen MR) is 119 cm³/mol. The van der Waals surface area contributed by atoms with Gasteiger partial charge >= 0.3 is 5.97 Å². The third-order valence-electron chi connectivity index (χ3n) is 5.25. The molecule has 0 saturated heterocycles. The Kier molecular flexibility index (Phi) is 8.54. The van der Waals surface area contributed by atoms with Crippen molar-refractivity contribution in [2.24, 2.45) is 5.92 Å². The molecular weight excluding hydrogens is 394 g/mol. The zero-order valence-electron chi connectivity index (χ0n) is 19.3. The number of H-pyrrole nitrogens is 1. The molecule has 7 nitrogen and oxygen atoms in total. The largest absolute Gasteiger partial charge is 0.461 e. The van der Waals surface area contributed by atoms with Crippen LogP contribution in [0.2, 0.25) is 0 Å². The molecule has 0 spiro atoms. The van der Waals surface area contributed by atoms with E-state index >= 15 is 0 Å². The molecule has 0 aliphatic carbocycles. The smallest absolute Gasteiger partial charge is 0.355 e. The second-order valence-electron chi connectivity index (χ2n) is 8.14. The van der Waals surface area contributed by atoms with Crippen molar-refractivity contribution >= 4 is 17.7 Å². The number of aromatic nitrogens is 2. The maximum absolute atomic E-state index is 13.4. The third-order valence-corrected chi connectivity index (χ3v) is 5.25. The van der Waals surface area contributed by atoms with Gasteiger partial charge in [-0.3, -0.25) is 14.6 Å². The van der Waals surface area contributed by atoms with E-state index in [1.165, 1.54) is 0 Å². The summed E-state index contributed by atoms with van der Waals surface area (Å²) >= 11 is 0. The van der Waals surface area contributed by atoms with Crippen molar-refractivity contribution in [1.29, 1.82) is 0 Å². The average molecular weight is 428 g/mol. The van der Waals surface area contributed by atoms with Crippen LogP contribution in [0, 0.1) is 19.8 Å². The van der Waals surface area contributed by atoms with Gasteiger partial charge in [-0.25, -0.2) is 4.79 Å². The number of rotatable bonds is 10. The summed E-state index contributed by atoms with van der Waals surface area (Å²) in [5.41, 5.74) is 2.73. The lowest BCUT2D eigenvalue weighted by atomic mass is 9.98. The monoisotopic (exact) mass is 427 g/mol. The van der Waals surface area contributed by atoms with Gasteiger partial charge in [-0.15, -0.1) is 0 Å². The fraction of sp³-hybridized carbons (Fsp3) is 0.500. The molecule has 0 bridgehead atoms. The number of esters is 1. The van der Waals surface area contributed by atoms with E-state index in [1.54, 1.807) is 38.8 Å². The minimum absolute atomic E-state index is 0.0664. The first-order valence-electron chi connectivity index (χ1n) is 10.8. The Morgan fingerprint density at radius 1 is 1.16 bits per heavy atom. The van der Waals surface area contributed by atoms with E-state index in [2.05, 4.69) is 9.97 Å². The molecule has 31 heavy (non-hydrogen) atoms. The first-order chi connectivity index (χ1) is 14.7. The van der Waals surface area contributed by atoms with Crippen LogP contribution in [0.25, 0.3) is 0 Å². The van der Waals surface area contributed by atoms with Gasteiger partial charge in [0.05, 0.1) is 12.6 Å². The second kappa shape index (κ2) is 10.9. The summed E-state index contributed by atoms with van der Waals surface area (Å²) in [6, 6.07) is 4.98. The van der Waals surface area contributed by atoms with Crippen LogP contribution in [-0.4, -0.2) is 51.7 Å². The summed E-state index contributed by atoms with van der Waals surface area (Å²) in [6.07, 6.45) is 2.63. The van der Waals surface area contributed by atoms with Crippen LogP contribution in [-0.2, 0) is 16.0 Å². The summed E-state index contributed by atoms with van der Waals surface area (Å²) in [5, 5.41) is 0. The van der Waals surface area contributed by atoms with Crippen molar-refractivity contribution in [1.82, 2.24) is 14.9 Å². The Balaban J connectivity index is 2.30. The van der Waals surface area contributed by atoms with Gasteiger partial charge in [0.2, 0.25) is 5.91 Å². The van der Waals surface area contributed by atoms with E-state index in [0.717, 1.165) is 5.69 Å². The van der Waals surface area contributed by atoms with Gasteiger partial charge < -0.3 is 14.6 Å². The quantitative estimate of drug-likeness (QED) is 0.459. The molecule has 0 saturated carbocycles. The van der Waals surface area contributed by atoms with Gasteiger partial charge in [0.25, 0.3) is 0 Å². The van der Waals surface area contributed by atoms with E-state index in [9.17, 15) is 14.4 Å². The van der Waals surface area contributed by atoms with Crippen LogP contribution in [0.5, 0.6) is 0 Å². The SMILES string of the molecule is CCOC(=O)c1[nH]c(C)c(C(=O)C(C)N(CCc2ccccn2)C(=O)CC(C)C)c1C. The molecule has 0 aromatic carbocycles. The first-order valence-corrected chi connectivity index (χ1v) is 10.8. The molecule has 2 aromatic heterocycles. The molecule has 168 valence electrons. The molecule has 0 aliphatic heterocycles. The summed E-state index contributed by atoms with van der Waals surface area (Å²) in [6.45, 7) is 11.6. The molecule has 2 rings (SSSR count). The number of ketones is 1. The highest BCUT2D eigenvalue weighted by Gasteiger charge is 2.31. The average Bonchev–Trinajstić information content (AvgIpc) is 3.02. The lowest BCUT2D eigenvalue weighted by Gasteiger charge is -2.29. The molecule has 0 aliphatic rings. The summed E-state index contributed by atoms with van der Waals surface area (Å²) in [5.74, 6) is -0.570. The molecule has 1 amide bonds. The van der Waals surface area contributed by atoms with Gasteiger partial charge in [0, 0.05) is 42.5 Å². The van der Waals surface area contributed by atoms with Gasteiger partial charge in [0.1, 0.15) is 5.69 Å². The number of ether oxygens (including phenoxy) is 1. The summed E-state index contributed by atoms with van der Waals surface area (Å²) in [7, 11) is 0. The lowest BCUT2D eigenvalue weighted by molar-refractivity contribution is -0.133. The normalized spacial score (nSPS) is 12.0. The van der Waals surface area contributed by atoms with Crippen LogP contribution in [0.4, 0.5) is 0 Å². The Labute approximate surface area is 184 Å². The number of carbonyl (C=O) groups is 3. The second-order valence-corrected chi connectivity index (χ2v) is 8.14. The van der Waals surface area contributed by atoms with E-state index in [0.29, 0.717) is 36.2 Å². The van der Waals surface area contributed by atoms with Crippen LogP contribution in [0.3, 0.4) is 0 Å². The first kappa shape index (κ1) is 24.3. The standard InChI is InChI=1S/C24H33N3O4/c1-7-31-24(30)22-16(4)21(17(5)26-22)23(29)18(6)27(20(28)14-15(2)3)13-11-19-10-8-9-12-25-19/h8-10,12,15,18,26H,7,11,13-14H2,1-6H3. The van der Waals surface area contributed by atoms with E-state index in [-0.39, 0.29) is 29.9 Å². The van der Waals surface area contributed by atoms with Crippen LogP contribution < -0.4 is 0 Å². The number of pyridine rings is 1. The van der Waals surface area contributed by atoms with Crippen molar-refractivity contribution < 1.29 is 19.1 Å². The molecule has 0 fully saturated rings. The van der Waals surface area contributed by atoms with Crippen LogP contribution in [0.1, 0.15) is 71.9 Å². The number of hydrogen-bond acceptors (Lipinski definition) is 5. The van der Waals surface area contributed by atoms with Gasteiger partial charge in [0.15, 0.2) is 5.78 Å². The van der Waals surface area contributed by atoms with Crippen molar-refractivity contribution in [2.75, 3.05) is 13.2 Å². The van der Waals surface area contributed by atoms with E-state index in [1.807, 2.05) is 32.0 Å². The summed E-state index contributed by atoms with van der Waals surface area (Å²) < 4.78 is 5.08. The minimum atomic E-state index is -0.668. The van der Waals surface area contributed by atoms with Gasteiger partial charge in [-0.1, -0.05) is 19.9 Å². The highest BCUT2D eigenvalue weighted by Crippen LogP contribution is 2.23. The van der Waals surface area contributed by atoms with Gasteiger partial charge in [-0.05, 0) is 51.3 Å². The van der Waals surface area contributed by atoms with Crippen LogP contribution >= 0.6 is 0 Å². The fourth-order valence-corrected chi connectivity index (χ4v) is 3.66. The van der Waals surface area contributed by atoms with Crippen molar-refractivity contribution in [2.45, 2.75) is 60.4 Å². The molecule has 7 heteroatoms. The Bertz CT molecular complexity index is 918. The highest BCUT2D eigenvalue weighted by molar-refractivity contribution is 6.06. The number of carbonyl (C=O) groups excluding carboxylic acids is 3. The minimum Gasteiger partial charge on any atom is -0.461 e. The number of aromatic amines is 1. The molecule has 2 heterocycles. The fourth-order valence-electron chi connectivity index (χ4n) is 3.66. The summed E-state index contributed by atoms with van der Waals surface area (Å²) in [4.78, 5) is 47.6. The number of Topliss-reactive ketones (excluding diaryl/α,β-unsaturated/α-hetero) is 1. The topological polar surface area (TPSA) is 92.4 Å². The highest BCUT2D eigenvalue weighted by atomic mass is 16.5. The number of amides is 1. The molecule has 1 atom stereocenters. The van der Waals surface area contributed by atoms with E-state index < -0.39 is 12.0 Å². The molecule has 1 N–H and O–H groups in total. The predicted octanol–water partition coefficient (Wildman–Crippen LogP) is 3.89. The lowest BCUT2D eigenvalue weighted by Crippen LogP contribution is -2.45. The Hall–Kier alpha value is -2.96. The maximum Gasteiger partial charge on any atom is 0.355 e. The molecule has 0 radical (unpaired) electrons. The zero-order valence-corrected chi connectivity index (χ0v) is 19.3. The van der Waals surface area contributed by atoms with Crippen molar-refractivity contribution in [3.63, 3.8) is 0 Å². The number of nitrogens with zero attached hydrogens (tertiary/aromatic N) is 2. The van der Waals surface area contributed by atoms with Crippen LogP contribution in [0.15, 0.2) is 24.4 Å². The van der Waals surface area contributed by atoms with Crippen molar-refractivity contribution in [3.05, 3.63) is 52.6 Å². The van der Waals surface area contributed by atoms with Crippen molar-refractivity contribution in [3.8, 4) is 0 Å². The molecule has 2 aromatic rings. The molecular formula is C24H33N3O4. The number of hydrogen-bond donors (Lipinski definition) is 1. The van der Waals surface area contributed by atoms with Gasteiger partial charge in [-0.2, -0.15) is 0 Å².